The highest BCUT2D eigenvalue weighted by molar-refractivity contribution is 7.09. The number of rotatable bonds is 5. The average molecular weight is 317 g/mol. The molecule has 22 heavy (non-hydrogen) atoms. The molecule has 0 bridgehead atoms. The number of nitrogens with one attached hydrogen (secondary N) is 1. The van der Waals surface area contributed by atoms with Crippen molar-refractivity contribution in [3.05, 3.63) is 40.3 Å². The minimum absolute atomic E-state index is 0.228. The molecule has 5 nitrogen and oxygen atoms in total. The van der Waals surface area contributed by atoms with Crippen molar-refractivity contribution < 1.29 is 9.53 Å². The minimum atomic E-state index is -0.228. The van der Waals surface area contributed by atoms with E-state index in [1.54, 1.807) is 5.38 Å². The second-order valence-corrected chi connectivity index (χ2v) is 6.28. The summed E-state index contributed by atoms with van der Waals surface area (Å²) in [7, 11) is 0. The zero-order valence-corrected chi connectivity index (χ0v) is 13.1. The van der Waals surface area contributed by atoms with Crippen molar-refractivity contribution in [2.75, 3.05) is 5.32 Å². The van der Waals surface area contributed by atoms with Gasteiger partial charge in [-0.15, -0.1) is 11.3 Å². The Hall–Kier alpha value is -1.92. The number of thiazole rings is 1. The standard InChI is InChI=1S/C16H19N3O2S/c17-9-15-19-14(10-22-15)16(20)18-11-4-3-7-13(8-11)21-12-5-1-2-6-12/h3-4,7-8,10,12H,1-2,5-6,9,17H2,(H,18,20). The summed E-state index contributed by atoms with van der Waals surface area (Å²) >= 11 is 1.39. The van der Waals surface area contributed by atoms with E-state index in [1.807, 2.05) is 24.3 Å². The van der Waals surface area contributed by atoms with Crippen LogP contribution in [0.5, 0.6) is 5.75 Å². The zero-order valence-electron chi connectivity index (χ0n) is 12.2. The first-order valence-corrected chi connectivity index (χ1v) is 8.35. The van der Waals surface area contributed by atoms with Crippen LogP contribution in [-0.4, -0.2) is 17.0 Å². The molecule has 0 radical (unpaired) electrons. The van der Waals surface area contributed by atoms with Gasteiger partial charge in [0.05, 0.1) is 6.10 Å². The van der Waals surface area contributed by atoms with E-state index >= 15 is 0 Å². The molecule has 1 aromatic heterocycles. The summed E-state index contributed by atoms with van der Waals surface area (Å²) in [5, 5.41) is 5.32. The number of benzene rings is 1. The highest BCUT2D eigenvalue weighted by Crippen LogP contribution is 2.26. The lowest BCUT2D eigenvalue weighted by molar-refractivity contribution is 0.102. The normalized spacial score (nSPS) is 15.0. The molecule has 2 aromatic rings. The molecule has 1 aliphatic carbocycles. The Morgan fingerprint density at radius 2 is 2.23 bits per heavy atom. The molecule has 0 spiro atoms. The minimum Gasteiger partial charge on any atom is -0.490 e. The molecule has 1 aliphatic rings. The van der Waals surface area contributed by atoms with Crippen molar-refractivity contribution in [3.8, 4) is 5.75 Å². The Bertz CT molecular complexity index is 650. The molecule has 1 heterocycles. The van der Waals surface area contributed by atoms with Gasteiger partial charge in [0, 0.05) is 23.7 Å². The lowest BCUT2D eigenvalue weighted by atomic mass is 10.2. The monoisotopic (exact) mass is 317 g/mol. The third-order valence-electron chi connectivity index (χ3n) is 3.66. The van der Waals surface area contributed by atoms with Crippen molar-refractivity contribution >= 4 is 22.9 Å². The summed E-state index contributed by atoms with van der Waals surface area (Å²) in [6.07, 6.45) is 4.98. The molecule has 0 saturated heterocycles. The predicted molar refractivity (Wildman–Crippen MR) is 87.3 cm³/mol. The Labute approximate surface area is 133 Å². The van der Waals surface area contributed by atoms with E-state index in [0.717, 1.165) is 23.6 Å². The highest BCUT2D eigenvalue weighted by atomic mass is 32.1. The third-order valence-corrected chi connectivity index (χ3v) is 4.53. The number of hydrogen-bond donors (Lipinski definition) is 2. The number of carbonyl (C=O) groups excluding carboxylic acids is 1. The summed E-state index contributed by atoms with van der Waals surface area (Å²) < 4.78 is 5.94. The fraction of sp³-hybridized carbons (Fsp3) is 0.375. The number of aromatic nitrogens is 1. The van der Waals surface area contributed by atoms with Crippen LogP contribution in [0.15, 0.2) is 29.6 Å². The average Bonchev–Trinajstić information content (AvgIpc) is 3.18. The Morgan fingerprint density at radius 3 is 2.95 bits per heavy atom. The van der Waals surface area contributed by atoms with Crippen LogP contribution in [0.4, 0.5) is 5.69 Å². The van der Waals surface area contributed by atoms with E-state index in [4.69, 9.17) is 10.5 Å². The Balaban J connectivity index is 1.65. The molecule has 1 aromatic carbocycles. The van der Waals surface area contributed by atoms with Crippen LogP contribution in [0.25, 0.3) is 0 Å². The SMILES string of the molecule is NCc1nc(C(=O)Nc2cccc(OC3CCCC3)c2)cs1. The molecular weight excluding hydrogens is 298 g/mol. The van der Waals surface area contributed by atoms with Gasteiger partial charge < -0.3 is 15.8 Å². The molecule has 0 unspecified atom stereocenters. The second-order valence-electron chi connectivity index (χ2n) is 5.34. The zero-order chi connectivity index (χ0) is 15.4. The van der Waals surface area contributed by atoms with Gasteiger partial charge in [-0.2, -0.15) is 0 Å². The van der Waals surface area contributed by atoms with Crippen LogP contribution >= 0.6 is 11.3 Å². The number of hydrogen-bond acceptors (Lipinski definition) is 5. The third kappa shape index (κ3) is 3.64. The second kappa shape index (κ2) is 6.89. The lowest BCUT2D eigenvalue weighted by Crippen LogP contribution is -2.14. The maximum atomic E-state index is 12.2. The maximum absolute atomic E-state index is 12.2. The van der Waals surface area contributed by atoms with Gasteiger partial charge >= 0.3 is 0 Å². The van der Waals surface area contributed by atoms with Gasteiger partial charge in [0.25, 0.3) is 5.91 Å². The van der Waals surface area contributed by atoms with Crippen molar-refractivity contribution in [3.63, 3.8) is 0 Å². The molecule has 0 aliphatic heterocycles. The molecule has 1 fully saturated rings. The summed E-state index contributed by atoms with van der Waals surface area (Å²) in [5.41, 5.74) is 6.62. The first-order chi connectivity index (χ1) is 10.7. The van der Waals surface area contributed by atoms with Gasteiger partial charge in [0.2, 0.25) is 0 Å². The largest absolute Gasteiger partial charge is 0.490 e. The van der Waals surface area contributed by atoms with E-state index in [1.165, 1.54) is 24.2 Å². The number of carbonyl (C=O) groups is 1. The van der Waals surface area contributed by atoms with Crippen LogP contribution in [0.3, 0.4) is 0 Å². The van der Waals surface area contributed by atoms with Gasteiger partial charge in [-0.3, -0.25) is 4.79 Å². The highest BCUT2D eigenvalue weighted by Gasteiger charge is 2.17. The number of amides is 1. The van der Waals surface area contributed by atoms with E-state index in [0.29, 0.717) is 24.0 Å². The van der Waals surface area contributed by atoms with Crippen molar-refractivity contribution in [1.29, 1.82) is 0 Å². The van der Waals surface area contributed by atoms with Gasteiger partial charge in [-0.05, 0) is 37.8 Å². The van der Waals surface area contributed by atoms with Gasteiger partial charge in [-0.25, -0.2) is 4.98 Å². The predicted octanol–water partition coefficient (Wildman–Crippen LogP) is 3.18. The van der Waals surface area contributed by atoms with Crippen molar-refractivity contribution in [2.45, 2.75) is 38.3 Å². The number of nitrogens with two attached hydrogens (primary N) is 1. The fourth-order valence-electron chi connectivity index (χ4n) is 2.55. The summed E-state index contributed by atoms with van der Waals surface area (Å²) in [6, 6.07) is 7.50. The number of ether oxygens (including phenoxy) is 1. The van der Waals surface area contributed by atoms with Crippen LogP contribution < -0.4 is 15.8 Å². The van der Waals surface area contributed by atoms with E-state index in [2.05, 4.69) is 10.3 Å². The van der Waals surface area contributed by atoms with E-state index in [9.17, 15) is 4.79 Å². The first kappa shape index (κ1) is 15.0. The quantitative estimate of drug-likeness (QED) is 0.888. The van der Waals surface area contributed by atoms with E-state index < -0.39 is 0 Å². The number of anilines is 1. The molecule has 0 atom stereocenters. The molecule has 3 rings (SSSR count). The molecule has 1 amide bonds. The fourth-order valence-corrected chi connectivity index (χ4v) is 3.20. The molecule has 1 saturated carbocycles. The molecule has 116 valence electrons. The van der Waals surface area contributed by atoms with Crippen molar-refractivity contribution in [1.82, 2.24) is 4.98 Å². The lowest BCUT2D eigenvalue weighted by Gasteiger charge is -2.14. The van der Waals surface area contributed by atoms with Crippen molar-refractivity contribution in [2.24, 2.45) is 5.73 Å². The molecular formula is C16H19N3O2S. The molecule has 3 N–H and O–H groups in total. The summed E-state index contributed by atoms with van der Waals surface area (Å²) in [6.45, 7) is 0.350. The molecule has 6 heteroatoms. The van der Waals surface area contributed by atoms with Crippen LogP contribution in [-0.2, 0) is 6.54 Å². The van der Waals surface area contributed by atoms with Crippen LogP contribution in [0, 0.1) is 0 Å². The van der Waals surface area contributed by atoms with Crippen LogP contribution in [0.2, 0.25) is 0 Å². The summed E-state index contributed by atoms with van der Waals surface area (Å²) in [5.74, 6) is 0.569. The maximum Gasteiger partial charge on any atom is 0.275 e. The first-order valence-electron chi connectivity index (χ1n) is 7.47. The van der Waals surface area contributed by atoms with Gasteiger partial charge in [0.1, 0.15) is 16.5 Å². The van der Waals surface area contributed by atoms with Gasteiger partial charge in [0.15, 0.2) is 0 Å². The van der Waals surface area contributed by atoms with E-state index in [-0.39, 0.29) is 5.91 Å². The smallest absolute Gasteiger partial charge is 0.275 e. The Kier molecular flexibility index (Phi) is 4.70. The number of nitrogens with zero attached hydrogens (tertiary/aromatic N) is 1. The summed E-state index contributed by atoms with van der Waals surface area (Å²) in [4.78, 5) is 16.3. The Morgan fingerprint density at radius 1 is 1.41 bits per heavy atom. The topological polar surface area (TPSA) is 77.2 Å². The van der Waals surface area contributed by atoms with Gasteiger partial charge in [-0.1, -0.05) is 6.07 Å². The van der Waals surface area contributed by atoms with Crippen LogP contribution in [0.1, 0.15) is 41.2 Å².